The van der Waals surface area contributed by atoms with Gasteiger partial charge in [-0.2, -0.15) is 0 Å². The van der Waals surface area contributed by atoms with Crippen LogP contribution >= 0.6 is 0 Å². The number of ether oxygens (including phenoxy) is 1. The van der Waals surface area contributed by atoms with Gasteiger partial charge < -0.3 is 14.3 Å². The van der Waals surface area contributed by atoms with Gasteiger partial charge in [-0.1, -0.05) is 68.1 Å². The van der Waals surface area contributed by atoms with E-state index >= 15 is 0 Å². The van der Waals surface area contributed by atoms with Crippen molar-refractivity contribution < 1.29 is 19.1 Å². The molecule has 6 nitrogen and oxygen atoms in total. The molecule has 1 heterocycles. The maximum Gasteiger partial charge on any atom is 0.411 e. The molecule has 1 atom stereocenters. The minimum atomic E-state index is -0.498. The Kier molecular flexibility index (Phi) is 6.73. The second-order valence-corrected chi connectivity index (χ2v) is 11.6. The molecular weight excluding hydrogens is 478 g/mol. The van der Waals surface area contributed by atoms with Gasteiger partial charge in [0, 0.05) is 17.2 Å². The first kappa shape index (κ1) is 24.8. The van der Waals surface area contributed by atoms with Gasteiger partial charge in [-0.05, 0) is 72.6 Å². The zero-order valence-electron chi connectivity index (χ0n) is 21.6. The molecule has 1 aromatic heterocycles. The summed E-state index contributed by atoms with van der Waals surface area (Å²) in [6.45, 7) is 0.208. The molecule has 3 aliphatic carbocycles. The molecule has 3 fully saturated rings. The topological polar surface area (TPSA) is 88.8 Å². The first-order chi connectivity index (χ1) is 18.5. The van der Waals surface area contributed by atoms with Crippen molar-refractivity contribution in [1.82, 2.24) is 0 Å². The Balaban J connectivity index is 1.32. The van der Waals surface area contributed by atoms with Gasteiger partial charge in [0.1, 0.15) is 18.1 Å². The molecule has 3 aliphatic rings. The average Bonchev–Trinajstić information content (AvgIpc) is 3.73. The minimum absolute atomic E-state index is 0.0293. The molecular formula is C32H35NO5. The van der Waals surface area contributed by atoms with E-state index < -0.39 is 11.7 Å². The van der Waals surface area contributed by atoms with Gasteiger partial charge in [0.25, 0.3) is 0 Å². The number of carbonyl (C=O) groups excluding carboxylic acids is 1. The molecule has 38 heavy (non-hydrogen) atoms. The zero-order chi connectivity index (χ0) is 26.1. The summed E-state index contributed by atoms with van der Waals surface area (Å²) >= 11 is 0. The lowest BCUT2D eigenvalue weighted by Crippen LogP contribution is -2.37. The summed E-state index contributed by atoms with van der Waals surface area (Å²) < 4.78 is 11.4. The highest BCUT2D eigenvalue weighted by atomic mass is 16.5. The lowest BCUT2D eigenvalue weighted by atomic mass is 9.62. The highest BCUT2D eigenvalue weighted by Gasteiger charge is 2.54. The highest BCUT2D eigenvalue weighted by molar-refractivity contribution is 5.84. The van der Waals surface area contributed by atoms with Crippen LogP contribution in [0.1, 0.15) is 74.2 Å². The Labute approximate surface area is 223 Å². The third-order valence-corrected chi connectivity index (χ3v) is 8.34. The van der Waals surface area contributed by atoms with Crippen LogP contribution in [-0.4, -0.2) is 11.2 Å². The second-order valence-electron chi connectivity index (χ2n) is 11.6. The summed E-state index contributed by atoms with van der Waals surface area (Å²) in [6.07, 6.45) is 8.45. The number of benzene rings is 2. The van der Waals surface area contributed by atoms with Gasteiger partial charge in [0.15, 0.2) is 0 Å². The van der Waals surface area contributed by atoms with Gasteiger partial charge in [-0.3, -0.25) is 5.32 Å². The van der Waals surface area contributed by atoms with E-state index in [4.69, 9.17) is 9.15 Å². The molecule has 3 aromatic rings. The lowest BCUT2D eigenvalue weighted by Gasteiger charge is -2.41. The molecule has 198 valence electrons. The van der Waals surface area contributed by atoms with Crippen molar-refractivity contribution in [3.63, 3.8) is 0 Å². The number of rotatable bonds is 11. The molecule has 0 aliphatic heterocycles. The van der Waals surface area contributed by atoms with Crippen molar-refractivity contribution in [3.8, 4) is 5.75 Å². The van der Waals surface area contributed by atoms with Crippen LogP contribution in [0.25, 0.3) is 0 Å². The van der Waals surface area contributed by atoms with E-state index in [1.165, 1.54) is 25.7 Å². The fraction of sp³-hybridized carbons (Fsp3) is 0.438. The summed E-state index contributed by atoms with van der Waals surface area (Å²) in [5.41, 5.74) is 1.90. The normalized spacial score (nSPS) is 18.1. The van der Waals surface area contributed by atoms with Crippen LogP contribution < -0.4 is 10.9 Å². The Bertz CT molecular complexity index is 1320. The van der Waals surface area contributed by atoms with Crippen LogP contribution in [0.5, 0.6) is 5.75 Å². The molecule has 2 aromatic carbocycles. The largest absolute Gasteiger partial charge is 0.508 e. The van der Waals surface area contributed by atoms with Crippen molar-refractivity contribution in [3.05, 3.63) is 94.0 Å². The van der Waals surface area contributed by atoms with Gasteiger partial charge in [-0.25, -0.2) is 9.59 Å². The Morgan fingerprint density at radius 3 is 2.29 bits per heavy atom. The van der Waals surface area contributed by atoms with Crippen LogP contribution in [-0.2, 0) is 16.8 Å². The molecule has 3 saturated carbocycles. The minimum Gasteiger partial charge on any atom is -0.508 e. The van der Waals surface area contributed by atoms with Crippen molar-refractivity contribution >= 4 is 11.8 Å². The number of carbonyl (C=O) groups is 1. The van der Waals surface area contributed by atoms with Crippen LogP contribution in [0, 0.1) is 17.8 Å². The molecule has 6 heteroatoms. The van der Waals surface area contributed by atoms with Gasteiger partial charge in [0.2, 0.25) is 0 Å². The van der Waals surface area contributed by atoms with E-state index in [2.05, 4.69) is 17.4 Å². The van der Waals surface area contributed by atoms with Crippen molar-refractivity contribution in [2.24, 2.45) is 17.8 Å². The molecule has 0 spiro atoms. The molecule has 1 amide bonds. The number of hydrogen-bond acceptors (Lipinski definition) is 5. The van der Waals surface area contributed by atoms with Crippen molar-refractivity contribution in [2.45, 2.75) is 69.3 Å². The van der Waals surface area contributed by atoms with Crippen LogP contribution in [0.2, 0.25) is 0 Å². The van der Waals surface area contributed by atoms with E-state index in [0.29, 0.717) is 29.2 Å². The van der Waals surface area contributed by atoms with E-state index in [1.54, 1.807) is 6.07 Å². The molecule has 2 N–H and O–H groups in total. The maximum atomic E-state index is 12.6. The first-order valence-electron chi connectivity index (χ1n) is 13.9. The number of amides is 1. The fourth-order valence-corrected chi connectivity index (χ4v) is 6.23. The Morgan fingerprint density at radius 1 is 0.947 bits per heavy atom. The SMILES string of the molecule is O=C(Nc1cccc(C(C2CC2)C(CC2CC2)(CC2CC2)c2cc(O)cc(=O)o2)c1)OCc1ccccc1. The fourth-order valence-electron chi connectivity index (χ4n) is 6.23. The Morgan fingerprint density at radius 2 is 1.66 bits per heavy atom. The highest BCUT2D eigenvalue weighted by Crippen LogP contribution is 2.61. The van der Waals surface area contributed by atoms with Crippen molar-refractivity contribution in [2.75, 3.05) is 5.32 Å². The third kappa shape index (κ3) is 5.79. The van der Waals surface area contributed by atoms with E-state index in [0.717, 1.165) is 42.9 Å². The molecule has 0 radical (unpaired) electrons. The molecule has 6 rings (SSSR count). The smallest absolute Gasteiger partial charge is 0.411 e. The van der Waals surface area contributed by atoms with Crippen molar-refractivity contribution in [1.29, 1.82) is 0 Å². The monoisotopic (exact) mass is 513 g/mol. The van der Waals surface area contributed by atoms with E-state index in [1.807, 2.05) is 42.5 Å². The van der Waals surface area contributed by atoms with E-state index in [-0.39, 0.29) is 23.7 Å². The summed E-state index contributed by atoms with van der Waals surface area (Å²) in [6, 6.07) is 20.5. The quantitative estimate of drug-likeness (QED) is 0.285. The van der Waals surface area contributed by atoms with Gasteiger partial charge in [-0.15, -0.1) is 0 Å². The third-order valence-electron chi connectivity index (χ3n) is 8.34. The van der Waals surface area contributed by atoms with Gasteiger partial charge in [0.05, 0.1) is 6.07 Å². The molecule has 0 bridgehead atoms. The summed E-state index contributed by atoms with van der Waals surface area (Å²) in [4.78, 5) is 25.1. The summed E-state index contributed by atoms with van der Waals surface area (Å²) in [5, 5.41) is 13.3. The van der Waals surface area contributed by atoms with Gasteiger partial charge >= 0.3 is 11.7 Å². The average molecular weight is 514 g/mol. The van der Waals surface area contributed by atoms with Crippen LogP contribution in [0.3, 0.4) is 0 Å². The maximum absolute atomic E-state index is 12.6. The zero-order valence-corrected chi connectivity index (χ0v) is 21.6. The molecule has 0 saturated heterocycles. The summed E-state index contributed by atoms with van der Waals surface area (Å²) in [7, 11) is 0. The number of aromatic hydroxyl groups is 1. The van der Waals surface area contributed by atoms with Crippen LogP contribution in [0.15, 0.2) is 75.9 Å². The van der Waals surface area contributed by atoms with E-state index in [9.17, 15) is 14.7 Å². The predicted octanol–water partition coefficient (Wildman–Crippen LogP) is 7.13. The number of anilines is 1. The number of nitrogens with one attached hydrogen (secondary N) is 1. The standard InChI is InChI=1S/C32H35NO5/c34-27-16-28(38-29(35)17-27)32(18-21-9-10-21,19-22-11-12-22)30(24-13-14-24)25-7-4-8-26(15-25)33-31(36)37-20-23-5-2-1-3-6-23/h1-8,15-17,21-22,24,30,34H,9-14,18-20H2,(H,33,36). The predicted molar refractivity (Wildman–Crippen MR) is 145 cm³/mol. The second kappa shape index (κ2) is 10.3. The van der Waals surface area contributed by atoms with Crippen LogP contribution in [0.4, 0.5) is 10.5 Å². The first-order valence-corrected chi connectivity index (χ1v) is 13.9. The Hall–Kier alpha value is -3.54. The lowest BCUT2D eigenvalue weighted by molar-refractivity contribution is 0.155. The summed E-state index contributed by atoms with van der Waals surface area (Å²) in [5.74, 6) is 2.42. The molecule has 1 unspecified atom stereocenters. The number of hydrogen-bond donors (Lipinski definition) is 2.